The summed E-state index contributed by atoms with van der Waals surface area (Å²) in [6.45, 7) is 5.21. The van der Waals surface area contributed by atoms with Gasteiger partial charge in [0.1, 0.15) is 18.1 Å². The quantitative estimate of drug-likeness (QED) is 0.805. The van der Waals surface area contributed by atoms with E-state index in [1.54, 1.807) is 12.1 Å². The van der Waals surface area contributed by atoms with Crippen molar-refractivity contribution in [2.75, 3.05) is 18.5 Å². The summed E-state index contributed by atoms with van der Waals surface area (Å²) in [5, 5.41) is 2.91. The van der Waals surface area contributed by atoms with Crippen LogP contribution in [0.25, 0.3) is 0 Å². The molecular weight excluding hydrogens is 330 g/mol. The van der Waals surface area contributed by atoms with E-state index in [2.05, 4.69) is 5.32 Å². The van der Waals surface area contributed by atoms with Crippen LogP contribution in [0.1, 0.15) is 37.0 Å². The molecule has 1 aliphatic rings. The molecule has 0 bridgehead atoms. The van der Waals surface area contributed by atoms with Crippen molar-refractivity contribution in [2.45, 2.75) is 38.9 Å². The minimum Gasteiger partial charge on any atom is -0.491 e. The highest BCUT2D eigenvalue weighted by Crippen LogP contribution is 2.23. The van der Waals surface area contributed by atoms with Gasteiger partial charge < -0.3 is 19.5 Å². The fourth-order valence-corrected chi connectivity index (χ4v) is 2.84. The molecule has 0 aliphatic carbocycles. The van der Waals surface area contributed by atoms with Crippen LogP contribution < -0.4 is 14.8 Å². The fourth-order valence-electron chi connectivity index (χ4n) is 2.84. The maximum Gasteiger partial charge on any atom is 0.259 e. The van der Waals surface area contributed by atoms with Crippen LogP contribution in [-0.2, 0) is 4.74 Å². The first-order valence-electron chi connectivity index (χ1n) is 9.03. The molecule has 26 heavy (non-hydrogen) atoms. The van der Waals surface area contributed by atoms with Gasteiger partial charge in [0.25, 0.3) is 5.91 Å². The summed E-state index contributed by atoms with van der Waals surface area (Å²) in [6.07, 6.45) is 2.28. The molecule has 2 aromatic carbocycles. The summed E-state index contributed by atoms with van der Waals surface area (Å²) >= 11 is 0. The van der Waals surface area contributed by atoms with Gasteiger partial charge in [-0.1, -0.05) is 18.2 Å². The summed E-state index contributed by atoms with van der Waals surface area (Å²) in [5.74, 6) is 1.08. The highest BCUT2D eigenvalue weighted by Gasteiger charge is 2.16. The van der Waals surface area contributed by atoms with E-state index in [1.807, 2.05) is 50.2 Å². The van der Waals surface area contributed by atoms with E-state index in [0.717, 1.165) is 19.4 Å². The third-order valence-electron chi connectivity index (χ3n) is 4.05. The number of hydrogen-bond donors (Lipinski definition) is 1. The molecule has 1 amide bonds. The van der Waals surface area contributed by atoms with Gasteiger partial charge in [0.15, 0.2) is 0 Å². The van der Waals surface area contributed by atoms with Gasteiger partial charge in [-0.25, -0.2) is 0 Å². The van der Waals surface area contributed by atoms with Crippen molar-refractivity contribution in [3.8, 4) is 11.5 Å². The van der Waals surface area contributed by atoms with Crippen molar-refractivity contribution in [3.63, 3.8) is 0 Å². The number of para-hydroxylation sites is 1. The van der Waals surface area contributed by atoms with Crippen molar-refractivity contribution in [2.24, 2.45) is 0 Å². The molecule has 1 N–H and O–H groups in total. The molecule has 5 nitrogen and oxygen atoms in total. The third-order valence-corrected chi connectivity index (χ3v) is 4.05. The molecule has 0 spiro atoms. The van der Waals surface area contributed by atoms with Crippen molar-refractivity contribution in [1.29, 1.82) is 0 Å². The smallest absolute Gasteiger partial charge is 0.259 e. The lowest BCUT2D eigenvalue weighted by Gasteiger charge is -2.15. The highest BCUT2D eigenvalue weighted by atomic mass is 16.5. The molecule has 1 heterocycles. The second-order valence-electron chi connectivity index (χ2n) is 6.59. The standard InChI is InChI=1S/C21H25NO4/c1-15(2)26-20-11-4-3-10-19(20)21(23)22-16-7-5-8-17(13-16)25-14-18-9-6-12-24-18/h3-5,7-8,10-11,13,15,18H,6,9,12,14H2,1-2H3,(H,22,23). The van der Waals surface area contributed by atoms with Crippen LogP contribution >= 0.6 is 0 Å². The Kier molecular flexibility index (Phi) is 6.12. The minimum absolute atomic E-state index is 0.00140. The number of nitrogens with one attached hydrogen (secondary N) is 1. The van der Waals surface area contributed by atoms with Gasteiger partial charge >= 0.3 is 0 Å². The van der Waals surface area contributed by atoms with E-state index in [9.17, 15) is 4.79 Å². The van der Waals surface area contributed by atoms with E-state index >= 15 is 0 Å². The summed E-state index contributed by atoms with van der Waals surface area (Å²) in [7, 11) is 0. The largest absolute Gasteiger partial charge is 0.491 e. The molecule has 1 saturated heterocycles. The second kappa shape index (κ2) is 8.72. The van der Waals surface area contributed by atoms with E-state index in [0.29, 0.717) is 29.4 Å². The maximum absolute atomic E-state index is 12.6. The van der Waals surface area contributed by atoms with Crippen molar-refractivity contribution in [3.05, 3.63) is 54.1 Å². The summed E-state index contributed by atoms with van der Waals surface area (Å²) in [6, 6.07) is 14.6. The Bertz CT molecular complexity index is 738. The van der Waals surface area contributed by atoms with Crippen molar-refractivity contribution in [1.82, 2.24) is 0 Å². The Morgan fingerprint density at radius 1 is 1.23 bits per heavy atom. The zero-order valence-corrected chi connectivity index (χ0v) is 15.2. The first-order valence-corrected chi connectivity index (χ1v) is 9.03. The molecular formula is C21H25NO4. The van der Waals surface area contributed by atoms with Gasteiger partial charge in [-0.2, -0.15) is 0 Å². The normalized spacial score (nSPS) is 16.5. The lowest BCUT2D eigenvalue weighted by Crippen LogP contribution is -2.17. The Hall–Kier alpha value is -2.53. The predicted octanol–water partition coefficient (Wildman–Crippen LogP) is 4.28. The Balaban J connectivity index is 1.65. The molecule has 5 heteroatoms. The van der Waals surface area contributed by atoms with Gasteiger partial charge in [0, 0.05) is 18.4 Å². The van der Waals surface area contributed by atoms with Crippen molar-refractivity contribution < 1.29 is 19.0 Å². The first kappa shape index (κ1) is 18.3. The van der Waals surface area contributed by atoms with Gasteiger partial charge in [-0.15, -0.1) is 0 Å². The van der Waals surface area contributed by atoms with Crippen LogP contribution in [0.4, 0.5) is 5.69 Å². The first-order chi connectivity index (χ1) is 12.6. The molecule has 2 aromatic rings. The van der Waals surface area contributed by atoms with Crippen LogP contribution in [-0.4, -0.2) is 31.3 Å². The minimum atomic E-state index is -0.211. The Morgan fingerprint density at radius 3 is 2.85 bits per heavy atom. The number of benzene rings is 2. The SMILES string of the molecule is CC(C)Oc1ccccc1C(=O)Nc1cccc(OCC2CCCO2)c1. The van der Waals surface area contributed by atoms with Crippen molar-refractivity contribution >= 4 is 11.6 Å². The monoisotopic (exact) mass is 355 g/mol. The van der Waals surface area contributed by atoms with Crippen LogP contribution in [0.5, 0.6) is 11.5 Å². The fraction of sp³-hybridized carbons (Fsp3) is 0.381. The van der Waals surface area contributed by atoms with Gasteiger partial charge in [0.2, 0.25) is 0 Å². The van der Waals surface area contributed by atoms with Crippen LogP contribution in [0.15, 0.2) is 48.5 Å². The van der Waals surface area contributed by atoms with E-state index in [1.165, 1.54) is 0 Å². The molecule has 3 rings (SSSR count). The van der Waals surface area contributed by atoms with Crippen LogP contribution in [0, 0.1) is 0 Å². The highest BCUT2D eigenvalue weighted by molar-refractivity contribution is 6.06. The molecule has 1 aliphatic heterocycles. The average molecular weight is 355 g/mol. The zero-order valence-electron chi connectivity index (χ0n) is 15.2. The van der Waals surface area contributed by atoms with Gasteiger partial charge in [0.05, 0.1) is 17.8 Å². The molecule has 138 valence electrons. The number of rotatable bonds is 7. The summed E-state index contributed by atoms with van der Waals surface area (Å²) in [5.41, 5.74) is 1.19. The van der Waals surface area contributed by atoms with E-state index in [-0.39, 0.29) is 18.1 Å². The maximum atomic E-state index is 12.6. The molecule has 1 fully saturated rings. The number of carbonyl (C=O) groups is 1. The van der Waals surface area contributed by atoms with Gasteiger partial charge in [-0.05, 0) is 51.0 Å². The summed E-state index contributed by atoms with van der Waals surface area (Å²) in [4.78, 5) is 12.6. The van der Waals surface area contributed by atoms with Gasteiger partial charge in [-0.3, -0.25) is 4.79 Å². The third kappa shape index (κ3) is 4.99. The van der Waals surface area contributed by atoms with Crippen LogP contribution in [0.2, 0.25) is 0 Å². The topological polar surface area (TPSA) is 56.8 Å². The second-order valence-corrected chi connectivity index (χ2v) is 6.59. The lowest BCUT2D eigenvalue weighted by atomic mass is 10.1. The number of anilines is 1. The molecule has 0 aromatic heterocycles. The van der Waals surface area contributed by atoms with E-state index < -0.39 is 0 Å². The van der Waals surface area contributed by atoms with E-state index in [4.69, 9.17) is 14.2 Å². The average Bonchev–Trinajstić information content (AvgIpc) is 3.14. The Morgan fingerprint density at radius 2 is 2.08 bits per heavy atom. The number of carbonyl (C=O) groups excluding carboxylic acids is 1. The van der Waals surface area contributed by atoms with Crippen LogP contribution in [0.3, 0.4) is 0 Å². The molecule has 1 atom stereocenters. The predicted molar refractivity (Wildman–Crippen MR) is 101 cm³/mol. The number of hydrogen-bond acceptors (Lipinski definition) is 4. The Labute approximate surface area is 154 Å². The number of ether oxygens (including phenoxy) is 3. The molecule has 0 radical (unpaired) electrons. The summed E-state index contributed by atoms with van der Waals surface area (Å²) < 4.78 is 17.1. The zero-order chi connectivity index (χ0) is 18.4. The lowest BCUT2D eigenvalue weighted by molar-refractivity contribution is 0.0680. The number of amides is 1. The molecule has 0 saturated carbocycles. The molecule has 1 unspecified atom stereocenters.